The molecule has 3 heterocycles. The number of hydrogen-bond donors (Lipinski definition) is 1. The lowest BCUT2D eigenvalue weighted by molar-refractivity contribution is -0.138. The summed E-state index contributed by atoms with van der Waals surface area (Å²) < 4.78 is 18.6. The second kappa shape index (κ2) is 10.9. The molecule has 0 fully saturated rings. The van der Waals surface area contributed by atoms with Crippen molar-refractivity contribution in [2.45, 2.75) is 13.0 Å². The Morgan fingerprint density at radius 3 is 2.54 bits per heavy atom. The van der Waals surface area contributed by atoms with Crippen molar-refractivity contribution in [3.63, 3.8) is 0 Å². The van der Waals surface area contributed by atoms with Crippen LogP contribution in [0.3, 0.4) is 0 Å². The molecule has 0 saturated heterocycles. The van der Waals surface area contributed by atoms with Gasteiger partial charge >= 0.3 is 5.97 Å². The Hall–Kier alpha value is -4.89. The Labute approximate surface area is 239 Å². The number of aromatic nitrogens is 2. The fourth-order valence-corrected chi connectivity index (χ4v) is 6.13. The third-order valence-electron chi connectivity index (χ3n) is 7.00. The highest BCUT2D eigenvalue weighted by atomic mass is 32.1. The number of thiazole rings is 1. The molecule has 0 aliphatic carbocycles. The molecule has 8 nitrogen and oxygen atoms in total. The Kier molecular flexibility index (Phi) is 7.03. The number of ether oxygens (including phenoxy) is 3. The summed E-state index contributed by atoms with van der Waals surface area (Å²) in [5.74, 6) is 0.473. The van der Waals surface area contributed by atoms with Crippen molar-refractivity contribution >= 4 is 40.0 Å². The fraction of sp³-hybridized carbons (Fsp3) is 0.156. The number of rotatable bonds is 7. The van der Waals surface area contributed by atoms with Crippen LogP contribution < -0.4 is 24.4 Å². The van der Waals surface area contributed by atoms with E-state index >= 15 is 0 Å². The SMILES string of the molecule is CCOC(=O)C1=C(c2ccccc2)N=c2s/c(=C/c3c[nH]c4ccccc34)c(=O)n2C1c1ccc(OC)c(OC)c1. The average Bonchev–Trinajstić information content (AvgIpc) is 3.56. The number of H-pyrrole nitrogens is 1. The summed E-state index contributed by atoms with van der Waals surface area (Å²) in [5, 5.41) is 1.01. The predicted molar refractivity (Wildman–Crippen MR) is 159 cm³/mol. The number of aromatic amines is 1. The quantitative estimate of drug-likeness (QED) is 0.295. The smallest absolute Gasteiger partial charge is 0.338 e. The number of methoxy groups -OCH3 is 2. The molecule has 0 saturated carbocycles. The molecular weight excluding hydrogens is 538 g/mol. The Balaban J connectivity index is 1.66. The van der Waals surface area contributed by atoms with Gasteiger partial charge in [0.25, 0.3) is 5.56 Å². The number of para-hydroxylation sites is 1. The van der Waals surface area contributed by atoms with Crippen LogP contribution in [0.1, 0.15) is 29.7 Å². The minimum absolute atomic E-state index is 0.175. The number of hydrogen-bond acceptors (Lipinski definition) is 7. The Morgan fingerprint density at radius 2 is 1.78 bits per heavy atom. The van der Waals surface area contributed by atoms with Gasteiger partial charge in [0.15, 0.2) is 16.3 Å². The van der Waals surface area contributed by atoms with E-state index < -0.39 is 12.0 Å². The second-order valence-corrected chi connectivity index (χ2v) is 10.3. The molecule has 1 aliphatic rings. The largest absolute Gasteiger partial charge is 0.493 e. The topological polar surface area (TPSA) is 94.9 Å². The molecule has 0 amide bonds. The van der Waals surface area contributed by atoms with Gasteiger partial charge in [-0.3, -0.25) is 9.36 Å². The number of benzene rings is 3. The van der Waals surface area contributed by atoms with Crippen LogP contribution in [0.5, 0.6) is 11.5 Å². The maximum absolute atomic E-state index is 14.1. The lowest BCUT2D eigenvalue weighted by Crippen LogP contribution is -2.40. The molecule has 0 radical (unpaired) electrons. The van der Waals surface area contributed by atoms with Crippen molar-refractivity contribution in [2.75, 3.05) is 20.8 Å². The predicted octanol–water partition coefficient (Wildman–Crippen LogP) is 4.43. The lowest BCUT2D eigenvalue weighted by atomic mass is 9.93. The van der Waals surface area contributed by atoms with Gasteiger partial charge in [0.2, 0.25) is 0 Å². The highest BCUT2D eigenvalue weighted by Gasteiger charge is 2.35. The van der Waals surface area contributed by atoms with Crippen LogP contribution in [-0.4, -0.2) is 36.3 Å². The van der Waals surface area contributed by atoms with Gasteiger partial charge in [-0.25, -0.2) is 9.79 Å². The molecule has 9 heteroatoms. The summed E-state index contributed by atoms with van der Waals surface area (Å²) in [7, 11) is 3.11. The number of nitrogens with one attached hydrogen (secondary N) is 1. The Bertz CT molecular complexity index is 1990. The van der Waals surface area contributed by atoms with E-state index in [9.17, 15) is 9.59 Å². The summed E-state index contributed by atoms with van der Waals surface area (Å²) in [4.78, 5) is 36.4. The van der Waals surface area contributed by atoms with E-state index in [0.717, 1.165) is 22.0 Å². The monoisotopic (exact) mass is 565 g/mol. The zero-order valence-corrected chi connectivity index (χ0v) is 23.5. The van der Waals surface area contributed by atoms with Gasteiger partial charge in [0.1, 0.15) is 0 Å². The fourth-order valence-electron chi connectivity index (χ4n) is 5.13. The number of carbonyl (C=O) groups is 1. The third kappa shape index (κ3) is 4.64. The maximum Gasteiger partial charge on any atom is 0.338 e. The third-order valence-corrected chi connectivity index (χ3v) is 7.99. The normalized spacial score (nSPS) is 15.0. The van der Waals surface area contributed by atoms with Crippen LogP contribution >= 0.6 is 11.3 Å². The van der Waals surface area contributed by atoms with Crippen LogP contribution in [0, 0.1) is 0 Å². The van der Waals surface area contributed by atoms with Crippen LogP contribution in [0.4, 0.5) is 0 Å². The molecule has 1 N–H and O–H groups in total. The van der Waals surface area contributed by atoms with Crippen LogP contribution in [0.25, 0.3) is 22.7 Å². The van der Waals surface area contributed by atoms with Crippen molar-refractivity contribution in [1.29, 1.82) is 0 Å². The number of esters is 1. The first-order valence-corrected chi connectivity index (χ1v) is 13.9. The van der Waals surface area contributed by atoms with Crippen LogP contribution in [0.15, 0.2) is 94.4 Å². The van der Waals surface area contributed by atoms with Gasteiger partial charge in [0.05, 0.1) is 42.7 Å². The van der Waals surface area contributed by atoms with E-state index in [1.54, 1.807) is 37.8 Å². The van der Waals surface area contributed by atoms with Gasteiger partial charge in [-0.15, -0.1) is 0 Å². The molecule has 2 aromatic heterocycles. The standard InChI is InChI=1S/C32H27N3O5S/c1-4-40-31(37)27-28(19-10-6-5-7-11-19)34-32-35(29(27)20-14-15-24(38-2)25(16-20)39-3)30(36)26(41-32)17-21-18-33-23-13-9-8-12-22(21)23/h5-18,29,33H,4H2,1-3H3/b26-17+. The van der Waals surface area contributed by atoms with E-state index in [1.165, 1.54) is 11.3 Å². The first kappa shape index (κ1) is 26.3. The zero-order chi connectivity index (χ0) is 28.5. The summed E-state index contributed by atoms with van der Waals surface area (Å²) in [6, 6.07) is 21.9. The van der Waals surface area contributed by atoms with Crippen LogP contribution in [-0.2, 0) is 9.53 Å². The van der Waals surface area contributed by atoms with Gasteiger partial charge in [-0.1, -0.05) is 65.9 Å². The van der Waals surface area contributed by atoms with E-state index in [4.69, 9.17) is 19.2 Å². The van der Waals surface area contributed by atoms with Gasteiger partial charge in [0, 0.05) is 28.2 Å². The van der Waals surface area contributed by atoms with Crippen molar-refractivity contribution < 1.29 is 19.0 Å². The van der Waals surface area contributed by atoms with Crippen molar-refractivity contribution in [3.8, 4) is 11.5 Å². The summed E-state index contributed by atoms with van der Waals surface area (Å²) in [5.41, 5.74) is 3.75. The number of fused-ring (bicyclic) bond motifs is 2. The van der Waals surface area contributed by atoms with E-state index in [2.05, 4.69) is 4.98 Å². The lowest BCUT2D eigenvalue weighted by Gasteiger charge is -2.26. The maximum atomic E-state index is 14.1. The van der Waals surface area contributed by atoms with Gasteiger partial charge in [-0.2, -0.15) is 0 Å². The van der Waals surface area contributed by atoms with Crippen LogP contribution in [0.2, 0.25) is 0 Å². The van der Waals surface area contributed by atoms with Crippen molar-refractivity contribution in [2.24, 2.45) is 4.99 Å². The minimum atomic E-state index is -0.814. The average molecular weight is 566 g/mol. The molecule has 41 heavy (non-hydrogen) atoms. The molecule has 1 aliphatic heterocycles. The molecule has 3 aromatic carbocycles. The summed E-state index contributed by atoms with van der Waals surface area (Å²) >= 11 is 1.28. The molecule has 5 aromatic rings. The van der Waals surface area contributed by atoms with E-state index in [-0.39, 0.29) is 17.7 Å². The first-order chi connectivity index (χ1) is 20.0. The molecule has 206 valence electrons. The molecular formula is C32H27N3O5S. The zero-order valence-electron chi connectivity index (χ0n) is 22.7. The molecule has 0 bridgehead atoms. The summed E-state index contributed by atoms with van der Waals surface area (Å²) in [6.07, 6.45) is 3.75. The molecule has 1 atom stereocenters. The van der Waals surface area contributed by atoms with E-state index in [0.29, 0.717) is 32.1 Å². The molecule has 0 spiro atoms. The minimum Gasteiger partial charge on any atom is -0.493 e. The second-order valence-electron chi connectivity index (χ2n) is 9.34. The van der Waals surface area contributed by atoms with Gasteiger partial charge < -0.3 is 19.2 Å². The molecule has 6 rings (SSSR count). The highest BCUT2D eigenvalue weighted by molar-refractivity contribution is 7.07. The Morgan fingerprint density at radius 1 is 1.02 bits per heavy atom. The van der Waals surface area contributed by atoms with Crippen molar-refractivity contribution in [3.05, 3.63) is 121 Å². The van der Waals surface area contributed by atoms with E-state index in [1.807, 2.05) is 72.9 Å². The summed E-state index contributed by atoms with van der Waals surface area (Å²) in [6.45, 7) is 1.93. The number of carbonyl (C=O) groups excluding carboxylic acids is 1. The number of nitrogens with zero attached hydrogens (tertiary/aromatic N) is 2. The highest BCUT2D eigenvalue weighted by Crippen LogP contribution is 2.38. The van der Waals surface area contributed by atoms with Gasteiger partial charge in [-0.05, 0) is 36.8 Å². The van der Waals surface area contributed by atoms with Crippen molar-refractivity contribution in [1.82, 2.24) is 9.55 Å². The first-order valence-electron chi connectivity index (χ1n) is 13.1. The molecule has 1 unspecified atom stereocenters.